The third-order valence-corrected chi connectivity index (χ3v) is 4.83. The highest BCUT2D eigenvalue weighted by atomic mass is 16.2. The van der Waals surface area contributed by atoms with Crippen LogP contribution in [-0.2, 0) is 0 Å². The number of hydrogen-bond donors (Lipinski definition) is 0. The lowest BCUT2D eigenvalue weighted by Crippen LogP contribution is -2.42. The van der Waals surface area contributed by atoms with Crippen LogP contribution in [0.25, 0.3) is 0 Å². The number of carbonyl (C=O) groups excluding carboxylic acids is 1. The maximum Gasteiger partial charge on any atom is 0.254 e. The molecule has 0 aliphatic carbocycles. The van der Waals surface area contributed by atoms with Crippen molar-refractivity contribution in [2.75, 3.05) is 31.1 Å². The molecule has 2 unspecified atom stereocenters. The lowest BCUT2D eigenvalue weighted by atomic mass is 9.91. The minimum absolute atomic E-state index is 0.166. The van der Waals surface area contributed by atoms with Gasteiger partial charge in [-0.25, -0.2) is 4.98 Å². The summed E-state index contributed by atoms with van der Waals surface area (Å²) in [7, 11) is 0. The Labute approximate surface area is 133 Å². The smallest absolute Gasteiger partial charge is 0.254 e. The fourth-order valence-corrected chi connectivity index (χ4v) is 3.86. The van der Waals surface area contributed by atoms with Crippen molar-refractivity contribution >= 4 is 11.7 Å². The van der Waals surface area contributed by atoms with Crippen molar-refractivity contribution in [3.05, 3.63) is 23.9 Å². The second kappa shape index (κ2) is 6.67. The highest BCUT2D eigenvalue weighted by molar-refractivity contribution is 5.95. The van der Waals surface area contributed by atoms with Gasteiger partial charge in [-0.05, 0) is 49.7 Å². The van der Waals surface area contributed by atoms with Crippen molar-refractivity contribution in [1.29, 1.82) is 0 Å². The lowest BCUT2D eigenvalue weighted by Gasteiger charge is -2.35. The van der Waals surface area contributed by atoms with Gasteiger partial charge in [0.25, 0.3) is 5.91 Å². The van der Waals surface area contributed by atoms with E-state index in [9.17, 15) is 4.79 Å². The normalized spacial score (nSPS) is 26.1. The second-order valence-corrected chi connectivity index (χ2v) is 7.11. The van der Waals surface area contributed by atoms with Crippen LogP contribution in [-0.4, -0.2) is 42.0 Å². The van der Waals surface area contributed by atoms with Gasteiger partial charge in [0.2, 0.25) is 0 Å². The van der Waals surface area contributed by atoms with Gasteiger partial charge in [0.15, 0.2) is 0 Å². The number of carbonyl (C=O) groups is 1. The fraction of sp³-hybridized carbons (Fsp3) is 0.667. The zero-order valence-corrected chi connectivity index (χ0v) is 13.8. The van der Waals surface area contributed by atoms with E-state index in [0.29, 0.717) is 11.8 Å². The largest absolute Gasteiger partial charge is 0.357 e. The Kier molecular flexibility index (Phi) is 4.65. The number of amides is 1. The Morgan fingerprint density at radius 3 is 2.50 bits per heavy atom. The first-order valence-electron chi connectivity index (χ1n) is 8.64. The van der Waals surface area contributed by atoms with Crippen LogP contribution < -0.4 is 4.90 Å². The molecule has 0 N–H and O–H groups in total. The molecule has 4 heteroatoms. The molecular formula is C18H27N3O. The Bertz CT molecular complexity index is 515. The van der Waals surface area contributed by atoms with Gasteiger partial charge >= 0.3 is 0 Å². The summed E-state index contributed by atoms with van der Waals surface area (Å²) in [5.41, 5.74) is 0.789. The van der Waals surface area contributed by atoms with E-state index >= 15 is 0 Å². The van der Waals surface area contributed by atoms with E-state index in [4.69, 9.17) is 0 Å². The third kappa shape index (κ3) is 3.42. The van der Waals surface area contributed by atoms with Crippen LogP contribution in [0.3, 0.4) is 0 Å². The first-order chi connectivity index (χ1) is 10.6. The van der Waals surface area contributed by atoms with E-state index in [1.165, 1.54) is 25.7 Å². The molecule has 4 nitrogen and oxygen atoms in total. The molecule has 2 saturated heterocycles. The number of piperidine rings is 2. The number of aromatic nitrogens is 1. The molecule has 0 saturated carbocycles. The Morgan fingerprint density at radius 1 is 1.14 bits per heavy atom. The number of hydrogen-bond acceptors (Lipinski definition) is 3. The average molecular weight is 301 g/mol. The molecule has 2 aliphatic heterocycles. The van der Waals surface area contributed by atoms with E-state index in [2.05, 4.69) is 23.7 Å². The minimum atomic E-state index is 0.166. The molecule has 3 heterocycles. The maximum absolute atomic E-state index is 12.8. The molecule has 3 rings (SSSR count). The van der Waals surface area contributed by atoms with Crippen molar-refractivity contribution in [2.45, 2.75) is 39.5 Å². The van der Waals surface area contributed by atoms with Gasteiger partial charge in [-0.15, -0.1) is 0 Å². The monoisotopic (exact) mass is 301 g/mol. The fourth-order valence-electron chi connectivity index (χ4n) is 3.86. The van der Waals surface area contributed by atoms with Crippen LogP contribution >= 0.6 is 0 Å². The molecule has 2 aliphatic rings. The second-order valence-electron chi connectivity index (χ2n) is 7.11. The summed E-state index contributed by atoms with van der Waals surface area (Å²) in [5.74, 6) is 2.31. The molecule has 22 heavy (non-hydrogen) atoms. The van der Waals surface area contributed by atoms with E-state index in [1.807, 2.05) is 17.0 Å². The summed E-state index contributed by atoms with van der Waals surface area (Å²) in [5, 5.41) is 0. The van der Waals surface area contributed by atoms with Gasteiger partial charge in [-0.2, -0.15) is 0 Å². The maximum atomic E-state index is 12.8. The van der Waals surface area contributed by atoms with Gasteiger partial charge < -0.3 is 9.80 Å². The van der Waals surface area contributed by atoms with Gasteiger partial charge in [0.05, 0.1) is 0 Å². The summed E-state index contributed by atoms with van der Waals surface area (Å²) in [4.78, 5) is 21.6. The van der Waals surface area contributed by atoms with E-state index in [-0.39, 0.29) is 5.91 Å². The van der Waals surface area contributed by atoms with Crippen molar-refractivity contribution in [1.82, 2.24) is 9.88 Å². The van der Waals surface area contributed by atoms with Crippen LogP contribution in [0, 0.1) is 11.8 Å². The number of anilines is 1. The molecular weight excluding hydrogens is 274 g/mol. The van der Waals surface area contributed by atoms with E-state index in [1.54, 1.807) is 6.20 Å². The zero-order valence-electron chi connectivity index (χ0n) is 13.8. The van der Waals surface area contributed by atoms with E-state index < -0.39 is 0 Å². The minimum Gasteiger partial charge on any atom is -0.357 e. The van der Waals surface area contributed by atoms with Crippen LogP contribution in [0.15, 0.2) is 18.3 Å². The Balaban J connectivity index is 1.74. The van der Waals surface area contributed by atoms with Gasteiger partial charge in [0, 0.05) is 37.9 Å². The van der Waals surface area contributed by atoms with Crippen molar-refractivity contribution in [3.63, 3.8) is 0 Å². The molecule has 1 amide bonds. The zero-order chi connectivity index (χ0) is 15.5. The molecule has 2 fully saturated rings. The number of likely N-dealkylation sites (tertiary alicyclic amines) is 1. The predicted octanol–water partition coefficient (Wildman–Crippen LogP) is 3.19. The molecule has 0 spiro atoms. The molecule has 0 bridgehead atoms. The molecule has 0 radical (unpaired) electrons. The number of rotatable bonds is 2. The standard InChI is InChI=1S/C18H27N3O/c1-14-10-15(2)13-21(12-14)18(22)16-6-7-19-17(11-16)20-8-4-3-5-9-20/h6-7,11,14-15H,3-5,8-10,12-13H2,1-2H3. The van der Waals surface area contributed by atoms with E-state index in [0.717, 1.165) is 37.6 Å². The molecule has 1 aromatic heterocycles. The quantitative estimate of drug-likeness (QED) is 0.841. The van der Waals surface area contributed by atoms with Crippen LogP contribution in [0.2, 0.25) is 0 Å². The van der Waals surface area contributed by atoms with Crippen molar-refractivity contribution in [3.8, 4) is 0 Å². The highest BCUT2D eigenvalue weighted by Gasteiger charge is 2.26. The summed E-state index contributed by atoms with van der Waals surface area (Å²) >= 11 is 0. The predicted molar refractivity (Wildman–Crippen MR) is 89.1 cm³/mol. The molecule has 120 valence electrons. The van der Waals surface area contributed by atoms with Gasteiger partial charge in [0.1, 0.15) is 5.82 Å². The Morgan fingerprint density at radius 2 is 1.82 bits per heavy atom. The number of pyridine rings is 1. The van der Waals surface area contributed by atoms with Crippen LogP contribution in [0.5, 0.6) is 0 Å². The topological polar surface area (TPSA) is 36.4 Å². The van der Waals surface area contributed by atoms with Crippen LogP contribution in [0.1, 0.15) is 49.9 Å². The highest BCUT2D eigenvalue weighted by Crippen LogP contribution is 2.24. The van der Waals surface area contributed by atoms with Gasteiger partial charge in [-0.1, -0.05) is 13.8 Å². The summed E-state index contributed by atoms with van der Waals surface area (Å²) in [6.45, 7) is 8.35. The SMILES string of the molecule is CC1CC(C)CN(C(=O)c2ccnc(N3CCCCC3)c2)C1. The van der Waals surface area contributed by atoms with Gasteiger partial charge in [-0.3, -0.25) is 4.79 Å². The molecule has 1 aromatic rings. The first-order valence-corrected chi connectivity index (χ1v) is 8.64. The summed E-state index contributed by atoms with van der Waals surface area (Å²) in [6, 6.07) is 3.84. The number of nitrogens with zero attached hydrogens (tertiary/aromatic N) is 3. The third-order valence-electron chi connectivity index (χ3n) is 4.83. The molecule has 0 aromatic carbocycles. The molecule has 2 atom stereocenters. The van der Waals surface area contributed by atoms with Crippen molar-refractivity contribution in [2.24, 2.45) is 11.8 Å². The summed E-state index contributed by atoms with van der Waals surface area (Å²) in [6.07, 6.45) is 6.76. The Hall–Kier alpha value is -1.58. The van der Waals surface area contributed by atoms with Crippen molar-refractivity contribution < 1.29 is 4.79 Å². The van der Waals surface area contributed by atoms with Crippen LogP contribution in [0.4, 0.5) is 5.82 Å². The lowest BCUT2D eigenvalue weighted by molar-refractivity contribution is 0.0623. The summed E-state index contributed by atoms with van der Waals surface area (Å²) < 4.78 is 0. The first kappa shape index (κ1) is 15.3. The average Bonchev–Trinajstić information content (AvgIpc) is 2.54.